The van der Waals surface area contributed by atoms with E-state index in [4.69, 9.17) is 4.74 Å². The highest BCUT2D eigenvalue weighted by molar-refractivity contribution is 6.03. The average Bonchev–Trinajstić information content (AvgIpc) is 3.16. The summed E-state index contributed by atoms with van der Waals surface area (Å²) in [6.07, 6.45) is 0.749. The number of benzene rings is 3. The molecule has 150 valence electrons. The van der Waals surface area contributed by atoms with Crippen molar-refractivity contribution in [3.05, 3.63) is 113 Å². The Labute approximate surface area is 176 Å². The van der Waals surface area contributed by atoms with Crippen LogP contribution in [0, 0.1) is 6.92 Å². The Morgan fingerprint density at radius 2 is 1.53 bits per heavy atom. The summed E-state index contributed by atoms with van der Waals surface area (Å²) in [5.41, 5.74) is 6.73. The van der Waals surface area contributed by atoms with Crippen LogP contribution in [-0.4, -0.2) is 11.9 Å². The second kappa shape index (κ2) is 9.23. The fourth-order valence-corrected chi connectivity index (χ4v) is 3.48. The molecule has 1 heterocycles. The van der Waals surface area contributed by atoms with E-state index in [1.54, 1.807) is 0 Å². The van der Waals surface area contributed by atoms with Crippen molar-refractivity contribution in [2.45, 2.75) is 26.4 Å². The number of hydrogen-bond acceptors (Lipinski definition) is 2. The molecule has 4 nitrogen and oxygen atoms in total. The van der Waals surface area contributed by atoms with Crippen molar-refractivity contribution in [2.24, 2.45) is 4.99 Å². The van der Waals surface area contributed by atoms with Gasteiger partial charge in [0, 0.05) is 18.5 Å². The monoisotopic (exact) mass is 396 g/mol. The number of nitrogens with one attached hydrogen (secondary N) is 1. The SMILES string of the molecule is Cc1ccc(C2=C(Cc3ccccc3)N/C(=N\C(=O)OCc3ccccc3)C2)cc1. The number of aryl methyl sites for hydroxylation is 1. The van der Waals surface area contributed by atoms with Crippen LogP contribution in [-0.2, 0) is 17.8 Å². The van der Waals surface area contributed by atoms with Crippen LogP contribution >= 0.6 is 0 Å². The fraction of sp³-hybridized carbons (Fsp3) is 0.154. The maximum Gasteiger partial charge on any atom is 0.435 e. The van der Waals surface area contributed by atoms with Crippen LogP contribution in [0.1, 0.15) is 28.7 Å². The molecule has 3 aromatic rings. The minimum absolute atomic E-state index is 0.214. The summed E-state index contributed by atoms with van der Waals surface area (Å²) in [5.74, 6) is 0.620. The summed E-state index contributed by atoms with van der Waals surface area (Å²) < 4.78 is 5.32. The smallest absolute Gasteiger partial charge is 0.435 e. The number of carbonyl (C=O) groups excluding carboxylic acids is 1. The first-order chi connectivity index (χ1) is 14.7. The van der Waals surface area contributed by atoms with Crippen molar-refractivity contribution in [1.82, 2.24) is 5.32 Å². The highest BCUT2D eigenvalue weighted by atomic mass is 16.5. The van der Waals surface area contributed by atoms with Gasteiger partial charge in [0.1, 0.15) is 12.4 Å². The molecule has 1 amide bonds. The largest absolute Gasteiger partial charge is 0.443 e. The van der Waals surface area contributed by atoms with E-state index in [9.17, 15) is 4.79 Å². The second-order valence-electron chi connectivity index (χ2n) is 7.39. The second-order valence-corrected chi connectivity index (χ2v) is 7.39. The number of carbonyl (C=O) groups is 1. The molecule has 0 saturated carbocycles. The molecule has 3 aromatic carbocycles. The lowest BCUT2D eigenvalue weighted by molar-refractivity contribution is 0.150. The molecule has 4 rings (SSSR count). The summed E-state index contributed by atoms with van der Waals surface area (Å²) in [5, 5.41) is 3.36. The molecule has 0 unspecified atom stereocenters. The predicted molar refractivity (Wildman–Crippen MR) is 120 cm³/mol. The molecule has 0 saturated heterocycles. The number of hydrogen-bond donors (Lipinski definition) is 1. The van der Waals surface area contributed by atoms with Gasteiger partial charge in [-0.15, -0.1) is 0 Å². The van der Waals surface area contributed by atoms with E-state index in [0.29, 0.717) is 12.3 Å². The lowest BCUT2D eigenvalue weighted by atomic mass is 9.99. The quantitative estimate of drug-likeness (QED) is 0.604. The van der Waals surface area contributed by atoms with Gasteiger partial charge in [-0.05, 0) is 29.2 Å². The normalized spacial score (nSPS) is 14.6. The molecule has 1 N–H and O–H groups in total. The lowest BCUT2D eigenvalue weighted by Crippen LogP contribution is -2.19. The summed E-state index contributed by atoms with van der Waals surface area (Å²) in [4.78, 5) is 16.4. The summed E-state index contributed by atoms with van der Waals surface area (Å²) in [6, 6.07) is 28.3. The third-order valence-electron chi connectivity index (χ3n) is 5.06. The van der Waals surface area contributed by atoms with Crippen LogP contribution < -0.4 is 5.32 Å². The average molecular weight is 396 g/mol. The first kappa shape index (κ1) is 19.6. The van der Waals surface area contributed by atoms with Crippen molar-refractivity contribution in [3.63, 3.8) is 0 Å². The summed E-state index contributed by atoms with van der Waals surface area (Å²) >= 11 is 0. The maximum atomic E-state index is 12.3. The highest BCUT2D eigenvalue weighted by Gasteiger charge is 2.22. The van der Waals surface area contributed by atoms with Crippen LogP contribution in [0.2, 0.25) is 0 Å². The van der Waals surface area contributed by atoms with E-state index in [0.717, 1.165) is 28.8 Å². The number of allylic oxidation sites excluding steroid dienone is 1. The lowest BCUT2D eigenvalue weighted by Gasteiger charge is -2.08. The molecule has 0 aliphatic carbocycles. The molecule has 0 radical (unpaired) electrons. The maximum absolute atomic E-state index is 12.3. The topological polar surface area (TPSA) is 50.7 Å². The minimum Gasteiger partial charge on any atom is -0.443 e. The number of nitrogens with zero attached hydrogens (tertiary/aromatic N) is 1. The fourth-order valence-electron chi connectivity index (χ4n) is 3.48. The van der Waals surface area contributed by atoms with Crippen LogP contribution in [0.15, 0.2) is 95.6 Å². The molecule has 0 fully saturated rings. The van der Waals surface area contributed by atoms with Crippen LogP contribution in [0.25, 0.3) is 5.57 Å². The van der Waals surface area contributed by atoms with Gasteiger partial charge in [0.2, 0.25) is 0 Å². The Morgan fingerprint density at radius 3 is 2.20 bits per heavy atom. The van der Waals surface area contributed by atoms with Gasteiger partial charge < -0.3 is 10.1 Å². The highest BCUT2D eigenvalue weighted by Crippen LogP contribution is 2.29. The number of amides is 1. The molecular formula is C26H24N2O2. The predicted octanol–water partition coefficient (Wildman–Crippen LogP) is 5.68. The first-order valence-electron chi connectivity index (χ1n) is 10.1. The molecular weight excluding hydrogens is 372 g/mol. The van der Waals surface area contributed by atoms with E-state index in [2.05, 4.69) is 53.6 Å². The Balaban J connectivity index is 1.51. The van der Waals surface area contributed by atoms with E-state index in [1.807, 2.05) is 48.5 Å². The van der Waals surface area contributed by atoms with Crippen molar-refractivity contribution in [2.75, 3.05) is 0 Å². The van der Waals surface area contributed by atoms with Gasteiger partial charge in [0.15, 0.2) is 0 Å². The van der Waals surface area contributed by atoms with E-state index < -0.39 is 6.09 Å². The Bertz CT molecular complexity index is 1070. The Morgan fingerprint density at radius 1 is 0.900 bits per heavy atom. The standard InChI is InChI=1S/C26H24N2O2/c1-19-12-14-22(15-13-19)23-17-25(27-24(23)16-20-8-4-2-5-9-20)28-26(29)30-18-21-10-6-3-7-11-21/h2-15H,16-18H2,1H3,(H,27,28,29). The third kappa shape index (κ3) is 5.03. The molecule has 1 aliphatic rings. The number of rotatable bonds is 5. The molecule has 0 aromatic heterocycles. The van der Waals surface area contributed by atoms with Crippen molar-refractivity contribution >= 4 is 17.5 Å². The summed E-state index contributed by atoms with van der Waals surface area (Å²) in [7, 11) is 0. The molecule has 4 heteroatoms. The van der Waals surface area contributed by atoms with Crippen LogP contribution in [0.4, 0.5) is 4.79 Å². The van der Waals surface area contributed by atoms with E-state index in [-0.39, 0.29) is 6.61 Å². The first-order valence-corrected chi connectivity index (χ1v) is 10.1. The Hall–Kier alpha value is -3.66. The minimum atomic E-state index is -0.578. The van der Waals surface area contributed by atoms with Gasteiger partial charge in [-0.2, -0.15) is 4.99 Å². The number of aliphatic imine (C=N–C) groups is 1. The molecule has 0 spiro atoms. The molecule has 0 bridgehead atoms. The van der Waals surface area contributed by atoms with Gasteiger partial charge in [0.05, 0.1) is 0 Å². The zero-order valence-corrected chi connectivity index (χ0v) is 17.0. The molecule has 1 aliphatic heterocycles. The zero-order valence-electron chi connectivity index (χ0n) is 17.0. The van der Waals surface area contributed by atoms with Gasteiger partial charge in [-0.3, -0.25) is 0 Å². The Kier molecular flexibility index (Phi) is 6.04. The zero-order chi connectivity index (χ0) is 20.8. The summed E-state index contributed by atoms with van der Waals surface area (Å²) in [6.45, 7) is 2.29. The van der Waals surface area contributed by atoms with Gasteiger partial charge in [-0.1, -0.05) is 90.5 Å². The number of ether oxygens (including phenoxy) is 1. The van der Waals surface area contributed by atoms with Gasteiger partial charge in [-0.25, -0.2) is 4.79 Å². The van der Waals surface area contributed by atoms with Gasteiger partial charge >= 0.3 is 6.09 Å². The van der Waals surface area contributed by atoms with Crippen LogP contribution in [0.3, 0.4) is 0 Å². The molecule has 30 heavy (non-hydrogen) atoms. The third-order valence-corrected chi connectivity index (χ3v) is 5.06. The van der Waals surface area contributed by atoms with Crippen LogP contribution in [0.5, 0.6) is 0 Å². The molecule has 0 atom stereocenters. The van der Waals surface area contributed by atoms with Crippen molar-refractivity contribution < 1.29 is 9.53 Å². The van der Waals surface area contributed by atoms with E-state index in [1.165, 1.54) is 11.1 Å². The number of amidine groups is 1. The van der Waals surface area contributed by atoms with Crippen molar-refractivity contribution in [1.29, 1.82) is 0 Å². The van der Waals surface area contributed by atoms with Crippen molar-refractivity contribution in [3.8, 4) is 0 Å². The van der Waals surface area contributed by atoms with E-state index >= 15 is 0 Å². The van der Waals surface area contributed by atoms with Gasteiger partial charge in [0.25, 0.3) is 0 Å².